The SMILES string of the molecule is CCNCC(CCCc1ccccc1)c1cccc(Cl)c1. The quantitative estimate of drug-likeness (QED) is 0.719. The Kier molecular flexibility index (Phi) is 6.78. The summed E-state index contributed by atoms with van der Waals surface area (Å²) < 4.78 is 0. The topological polar surface area (TPSA) is 12.0 Å². The molecule has 2 heteroatoms. The summed E-state index contributed by atoms with van der Waals surface area (Å²) in [5.74, 6) is 0.535. The van der Waals surface area contributed by atoms with Gasteiger partial charge in [-0.25, -0.2) is 0 Å². The van der Waals surface area contributed by atoms with Gasteiger partial charge >= 0.3 is 0 Å². The van der Waals surface area contributed by atoms with Crippen LogP contribution in [0.1, 0.15) is 36.8 Å². The Morgan fingerprint density at radius 3 is 2.57 bits per heavy atom. The molecule has 0 amide bonds. The molecule has 1 nitrogen and oxygen atoms in total. The summed E-state index contributed by atoms with van der Waals surface area (Å²) in [6.45, 7) is 4.18. The second kappa shape index (κ2) is 8.86. The fourth-order valence-electron chi connectivity index (χ4n) is 2.66. The molecule has 0 fully saturated rings. The number of halogens is 1. The maximum absolute atomic E-state index is 6.13. The Bertz CT molecular complexity index is 524. The van der Waals surface area contributed by atoms with Crippen molar-refractivity contribution in [2.24, 2.45) is 0 Å². The average molecular weight is 302 g/mol. The van der Waals surface area contributed by atoms with Gasteiger partial charge in [-0.15, -0.1) is 0 Å². The van der Waals surface area contributed by atoms with E-state index in [1.54, 1.807) is 0 Å². The van der Waals surface area contributed by atoms with Crippen molar-refractivity contribution < 1.29 is 0 Å². The number of benzene rings is 2. The molecule has 2 aromatic rings. The number of nitrogens with one attached hydrogen (secondary N) is 1. The summed E-state index contributed by atoms with van der Waals surface area (Å²) in [6, 6.07) is 19.0. The van der Waals surface area contributed by atoms with Crippen LogP contribution in [0.25, 0.3) is 0 Å². The highest BCUT2D eigenvalue weighted by atomic mass is 35.5. The van der Waals surface area contributed by atoms with Crippen LogP contribution in [0.15, 0.2) is 54.6 Å². The van der Waals surface area contributed by atoms with Gasteiger partial charge in [0.25, 0.3) is 0 Å². The third kappa shape index (κ3) is 5.53. The van der Waals surface area contributed by atoms with Gasteiger partial charge in [0.2, 0.25) is 0 Å². The number of likely N-dealkylation sites (N-methyl/N-ethyl adjacent to an activating group) is 1. The van der Waals surface area contributed by atoms with E-state index in [-0.39, 0.29) is 0 Å². The van der Waals surface area contributed by atoms with Crippen LogP contribution in [0.4, 0.5) is 0 Å². The van der Waals surface area contributed by atoms with Crippen LogP contribution in [-0.4, -0.2) is 13.1 Å². The first-order chi connectivity index (χ1) is 10.3. The maximum atomic E-state index is 6.13. The maximum Gasteiger partial charge on any atom is 0.0408 e. The van der Waals surface area contributed by atoms with E-state index >= 15 is 0 Å². The zero-order valence-corrected chi connectivity index (χ0v) is 13.4. The van der Waals surface area contributed by atoms with E-state index in [0.717, 1.165) is 24.5 Å². The van der Waals surface area contributed by atoms with Gasteiger partial charge in [0.1, 0.15) is 0 Å². The number of rotatable bonds is 8. The van der Waals surface area contributed by atoms with Gasteiger partial charge in [-0.2, -0.15) is 0 Å². The summed E-state index contributed by atoms with van der Waals surface area (Å²) in [4.78, 5) is 0. The van der Waals surface area contributed by atoms with Crippen LogP contribution in [0.2, 0.25) is 5.02 Å². The van der Waals surface area contributed by atoms with E-state index in [0.29, 0.717) is 5.92 Å². The molecular formula is C19H24ClN. The van der Waals surface area contributed by atoms with Crippen molar-refractivity contribution in [2.75, 3.05) is 13.1 Å². The molecule has 2 aromatic carbocycles. The second-order valence-corrected chi connectivity index (χ2v) is 5.87. The molecule has 1 N–H and O–H groups in total. The third-order valence-electron chi connectivity index (χ3n) is 3.82. The molecule has 1 unspecified atom stereocenters. The Labute approximate surface area is 133 Å². The van der Waals surface area contributed by atoms with Crippen LogP contribution < -0.4 is 5.32 Å². The molecule has 0 saturated heterocycles. The van der Waals surface area contributed by atoms with E-state index in [2.05, 4.69) is 54.7 Å². The van der Waals surface area contributed by atoms with Crippen molar-refractivity contribution >= 4 is 11.6 Å². The summed E-state index contributed by atoms with van der Waals surface area (Å²) in [6.07, 6.45) is 3.53. The molecule has 0 aliphatic carbocycles. The van der Waals surface area contributed by atoms with E-state index in [4.69, 9.17) is 11.6 Å². The molecule has 0 saturated carbocycles. The molecule has 1 atom stereocenters. The Balaban J connectivity index is 1.93. The molecule has 21 heavy (non-hydrogen) atoms. The minimum absolute atomic E-state index is 0.535. The predicted molar refractivity (Wildman–Crippen MR) is 92.1 cm³/mol. The number of aryl methyl sites for hydroxylation is 1. The molecule has 0 heterocycles. The zero-order chi connectivity index (χ0) is 14.9. The normalized spacial score (nSPS) is 12.3. The van der Waals surface area contributed by atoms with Gasteiger partial charge in [0.05, 0.1) is 0 Å². The third-order valence-corrected chi connectivity index (χ3v) is 4.06. The lowest BCUT2D eigenvalue weighted by Crippen LogP contribution is -2.21. The molecule has 0 aromatic heterocycles. The smallest absolute Gasteiger partial charge is 0.0408 e. The van der Waals surface area contributed by atoms with Crippen LogP contribution in [0.5, 0.6) is 0 Å². The van der Waals surface area contributed by atoms with Crippen molar-refractivity contribution in [1.82, 2.24) is 5.32 Å². The van der Waals surface area contributed by atoms with E-state index in [1.165, 1.54) is 24.0 Å². The van der Waals surface area contributed by atoms with Gasteiger partial charge < -0.3 is 5.32 Å². The average Bonchev–Trinajstić information content (AvgIpc) is 2.51. The standard InChI is InChI=1S/C19H24ClN/c1-2-21-15-18(17-11-7-13-19(20)14-17)12-6-10-16-8-4-3-5-9-16/h3-5,7-9,11,13-14,18,21H,2,6,10,12,15H2,1H3. The number of hydrogen-bond donors (Lipinski definition) is 1. The second-order valence-electron chi connectivity index (χ2n) is 5.44. The lowest BCUT2D eigenvalue weighted by atomic mass is 9.92. The van der Waals surface area contributed by atoms with Crippen LogP contribution in [-0.2, 0) is 6.42 Å². The van der Waals surface area contributed by atoms with E-state index in [9.17, 15) is 0 Å². The van der Waals surface area contributed by atoms with Crippen molar-refractivity contribution in [1.29, 1.82) is 0 Å². The fraction of sp³-hybridized carbons (Fsp3) is 0.368. The van der Waals surface area contributed by atoms with E-state index in [1.807, 2.05) is 12.1 Å². The van der Waals surface area contributed by atoms with Gasteiger partial charge in [-0.1, -0.05) is 61.0 Å². The van der Waals surface area contributed by atoms with Gasteiger partial charge in [-0.05, 0) is 55.0 Å². The summed E-state index contributed by atoms with van der Waals surface area (Å²) >= 11 is 6.13. The first kappa shape index (κ1) is 16.1. The molecule has 0 aliphatic rings. The Morgan fingerprint density at radius 1 is 1.05 bits per heavy atom. The molecule has 0 aliphatic heterocycles. The van der Waals surface area contributed by atoms with Crippen molar-refractivity contribution in [2.45, 2.75) is 32.1 Å². The minimum Gasteiger partial charge on any atom is -0.316 e. The highest BCUT2D eigenvalue weighted by Crippen LogP contribution is 2.24. The summed E-state index contributed by atoms with van der Waals surface area (Å²) in [7, 11) is 0. The largest absolute Gasteiger partial charge is 0.316 e. The van der Waals surface area contributed by atoms with Crippen LogP contribution >= 0.6 is 11.6 Å². The molecule has 0 spiro atoms. The molecule has 0 bridgehead atoms. The molecular weight excluding hydrogens is 278 g/mol. The lowest BCUT2D eigenvalue weighted by Gasteiger charge is -2.18. The number of hydrogen-bond acceptors (Lipinski definition) is 1. The monoisotopic (exact) mass is 301 g/mol. The van der Waals surface area contributed by atoms with Gasteiger partial charge in [-0.3, -0.25) is 0 Å². The highest BCUT2D eigenvalue weighted by molar-refractivity contribution is 6.30. The summed E-state index contributed by atoms with van der Waals surface area (Å²) in [5, 5.41) is 4.30. The summed E-state index contributed by atoms with van der Waals surface area (Å²) in [5.41, 5.74) is 2.77. The highest BCUT2D eigenvalue weighted by Gasteiger charge is 2.11. The van der Waals surface area contributed by atoms with Gasteiger partial charge in [0, 0.05) is 11.6 Å². The fourth-order valence-corrected chi connectivity index (χ4v) is 2.86. The Hall–Kier alpha value is -1.31. The lowest BCUT2D eigenvalue weighted by molar-refractivity contribution is 0.542. The van der Waals surface area contributed by atoms with E-state index < -0.39 is 0 Å². The molecule has 112 valence electrons. The van der Waals surface area contributed by atoms with Gasteiger partial charge in [0.15, 0.2) is 0 Å². The van der Waals surface area contributed by atoms with Crippen molar-refractivity contribution in [3.63, 3.8) is 0 Å². The molecule has 0 radical (unpaired) electrons. The van der Waals surface area contributed by atoms with Crippen molar-refractivity contribution in [3.05, 3.63) is 70.7 Å². The molecule has 2 rings (SSSR count). The minimum atomic E-state index is 0.535. The van der Waals surface area contributed by atoms with Crippen molar-refractivity contribution in [3.8, 4) is 0 Å². The zero-order valence-electron chi connectivity index (χ0n) is 12.7. The van der Waals surface area contributed by atoms with Crippen LogP contribution in [0, 0.1) is 0 Å². The first-order valence-corrected chi connectivity index (χ1v) is 8.17. The Morgan fingerprint density at radius 2 is 1.86 bits per heavy atom. The van der Waals surface area contributed by atoms with Crippen LogP contribution in [0.3, 0.4) is 0 Å². The predicted octanol–water partition coefficient (Wildman–Crippen LogP) is 5.06. The first-order valence-electron chi connectivity index (χ1n) is 7.79.